The standard InChI is InChI=1S/C24H25N3O3/c1-3-14(2)27-21(28)19-18(13-15-9-5-4-6-10-15)26-24(20(19)22(27)29)16-11-7-8-12-17(16)25-23(24)30/h4-12,14,18-20,26H,3,13H2,1-2H3,(H,25,30)/p+1/t14-,18-,19-,20+,24-/m1/s1. The van der Waals surface area contributed by atoms with Gasteiger partial charge in [-0.15, -0.1) is 0 Å². The quantitative estimate of drug-likeness (QED) is 0.756. The largest absolute Gasteiger partial charge is 0.326 e. The van der Waals surface area contributed by atoms with Crippen LogP contribution in [0.4, 0.5) is 5.69 Å². The van der Waals surface area contributed by atoms with Crippen molar-refractivity contribution >= 4 is 23.4 Å². The number of quaternary nitrogens is 1. The van der Waals surface area contributed by atoms with Crippen LogP contribution in [0.25, 0.3) is 0 Å². The van der Waals surface area contributed by atoms with E-state index in [-0.39, 0.29) is 29.8 Å². The zero-order valence-corrected chi connectivity index (χ0v) is 17.2. The van der Waals surface area contributed by atoms with Crippen molar-refractivity contribution < 1.29 is 19.7 Å². The molecular weight excluding hydrogens is 378 g/mol. The number of carbonyl (C=O) groups excluding carboxylic acids is 3. The van der Waals surface area contributed by atoms with Crippen LogP contribution in [0.3, 0.4) is 0 Å². The predicted octanol–water partition coefficient (Wildman–Crippen LogP) is 1.42. The van der Waals surface area contributed by atoms with Crippen LogP contribution in [0, 0.1) is 11.8 Å². The predicted molar refractivity (Wildman–Crippen MR) is 111 cm³/mol. The maximum Gasteiger partial charge on any atom is 0.291 e. The Kier molecular flexibility index (Phi) is 4.29. The van der Waals surface area contributed by atoms with Crippen molar-refractivity contribution in [2.45, 2.75) is 44.3 Å². The van der Waals surface area contributed by atoms with Crippen molar-refractivity contribution in [2.24, 2.45) is 11.8 Å². The van der Waals surface area contributed by atoms with Gasteiger partial charge in [0.15, 0.2) is 0 Å². The summed E-state index contributed by atoms with van der Waals surface area (Å²) in [5.41, 5.74) is 1.56. The third-order valence-electron chi connectivity index (χ3n) is 7.16. The van der Waals surface area contributed by atoms with E-state index in [1.54, 1.807) is 0 Å². The summed E-state index contributed by atoms with van der Waals surface area (Å²) in [5.74, 6) is -1.73. The molecule has 3 heterocycles. The van der Waals surface area contributed by atoms with E-state index in [0.29, 0.717) is 12.8 Å². The van der Waals surface area contributed by atoms with Crippen LogP contribution in [-0.2, 0) is 26.3 Å². The molecule has 3 aliphatic heterocycles. The first-order valence-electron chi connectivity index (χ1n) is 10.7. The number of benzene rings is 2. The molecule has 0 bridgehead atoms. The van der Waals surface area contributed by atoms with Gasteiger partial charge in [0.05, 0.1) is 5.69 Å². The monoisotopic (exact) mass is 404 g/mol. The summed E-state index contributed by atoms with van der Waals surface area (Å²) in [4.78, 5) is 41.9. The van der Waals surface area contributed by atoms with Gasteiger partial charge in [0, 0.05) is 18.0 Å². The molecule has 3 N–H and O–H groups in total. The number of amides is 3. The van der Waals surface area contributed by atoms with Crippen molar-refractivity contribution in [1.82, 2.24) is 4.90 Å². The van der Waals surface area contributed by atoms with E-state index < -0.39 is 17.4 Å². The number of likely N-dealkylation sites (tertiary alicyclic amines) is 1. The Balaban J connectivity index is 1.64. The van der Waals surface area contributed by atoms with E-state index in [1.807, 2.05) is 73.8 Å². The number of nitrogens with two attached hydrogens (primary N) is 1. The Morgan fingerprint density at radius 1 is 1.03 bits per heavy atom. The molecule has 0 saturated carbocycles. The van der Waals surface area contributed by atoms with Gasteiger partial charge in [-0.3, -0.25) is 19.3 Å². The van der Waals surface area contributed by atoms with Crippen LogP contribution >= 0.6 is 0 Å². The fourth-order valence-electron chi connectivity index (χ4n) is 5.63. The summed E-state index contributed by atoms with van der Waals surface area (Å²) in [5, 5.41) is 4.97. The number of hydrogen-bond donors (Lipinski definition) is 2. The minimum absolute atomic E-state index is 0.134. The van der Waals surface area contributed by atoms with Crippen LogP contribution in [0.15, 0.2) is 54.6 Å². The Hall–Kier alpha value is -2.99. The van der Waals surface area contributed by atoms with Gasteiger partial charge < -0.3 is 10.6 Å². The topological polar surface area (TPSA) is 83.1 Å². The second kappa shape index (κ2) is 6.77. The first-order chi connectivity index (χ1) is 14.5. The molecule has 0 aliphatic carbocycles. The summed E-state index contributed by atoms with van der Waals surface area (Å²) >= 11 is 0. The molecule has 6 heteroatoms. The molecule has 1 spiro atoms. The molecule has 154 valence electrons. The third kappa shape index (κ3) is 2.43. The molecule has 2 aromatic carbocycles. The molecule has 0 radical (unpaired) electrons. The number of imide groups is 1. The van der Waals surface area contributed by atoms with Crippen LogP contribution in [0.2, 0.25) is 0 Å². The zero-order chi connectivity index (χ0) is 21.0. The highest BCUT2D eigenvalue weighted by Crippen LogP contribution is 2.49. The Morgan fingerprint density at radius 2 is 1.73 bits per heavy atom. The van der Waals surface area contributed by atoms with E-state index in [0.717, 1.165) is 16.8 Å². The smallest absolute Gasteiger partial charge is 0.291 e. The molecule has 30 heavy (non-hydrogen) atoms. The van der Waals surface area contributed by atoms with E-state index >= 15 is 0 Å². The lowest BCUT2D eigenvalue weighted by Gasteiger charge is -2.28. The lowest BCUT2D eigenvalue weighted by Crippen LogP contribution is -2.99. The number of hydrogen-bond acceptors (Lipinski definition) is 3. The van der Waals surface area contributed by atoms with E-state index in [1.165, 1.54) is 4.90 Å². The molecule has 6 nitrogen and oxygen atoms in total. The molecule has 3 aliphatic rings. The number of rotatable bonds is 4. The normalized spacial score (nSPS) is 30.5. The van der Waals surface area contributed by atoms with Crippen molar-refractivity contribution in [2.75, 3.05) is 5.32 Å². The summed E-state index contributed by atoms with van der Waals surface area (Å²) in [6.45, 7) is 3.88. The van der Waals surface area contributed by atoms with E-state index in [9.17, 15) is 14.4 Å². The summed E-state index contributed by atoms with van der Waals surface area (Å²) in [6, 6.07) is 17.2. The van der Waals surface area contributed by atoms with Crippen molar-refractivity contribution in [1.29, 1.82) is 0 Å². The van der Waals surface area contributed by atoms with Crippen molar-refractivity contribution in [3.63, 3.8) is 0 Å². The fraction of sp³-hybridized carbons (Fsp3) is 0.375. The number of nitrogens with zero attached hydrogens (tertiary/aromatic N) is 1. The van der Waals surface area contributed by atoms with Gasteiger partial charge >= 0.3 is 0 Å². The Bertz CT molecular complexity index is 1040. The summed E-state index contributed by atoms with van der Waals surface area (Å²) < 4.78 is 0. The highest BCUT2D eigenvalue weighted by atomic mass is 16.2. The lowest BCUT2D eigenvalue weighted by atomic mass is 9.76. The number of nitrogens with one attached hydrogen (secondary N) is 1. The van der Waals surface area contributed by atoms with Gasteiger partial charge in [0.25, 0.3) is 5.91 Å². The number of anilines is 1. The second-order valence-electron chi connectivity index (χ2n) is 8.70. The van der Waals surface area contributed by atoms with E-state index in [2.05, 4.69) is 5.32 Å². The molecule has 5 atom stereocenters. The van der Waals surface area contributed by atoms with Crippen LogP contribution in [0.1, 0.15) is 31.4 Å². The molecule has 5 rings (SSSR count). The summed E-state index contributed by atoms with van der Waals surface area (Å²) in [7, 11) is 0. The highest BCUT2D eigenvalue weighted by molar-refractivity contribution is 6.14. The van der Waals surface area contributed by atoms with Gasteiger partial charge in [0.1, 0.15) is 17.9 Å². The second-order valence-corrected chi connectivity index (χ2v) is 8.70. The van der Waals surface area contributed by atoms with Gasteiger partial charge in [-0.05, 0) is 25.0 Å². The highest BCUT2D eigenvalue weighted by Gasteiger charge is 2.74. The average molecular weight is 404 g/mol. The SMILES string of the molecule is CC[C@@H](C)N1C(=O)[C@H]2[C@@H](C1=O)[C@@]1([NH2+][C@@H]2Cc2ccccc2)C(=O)Nc2ccccc21. The van der Waals surface area contributed by atoms with Crippen LogP contribution in [-0.4, -0.2) is 34.7 Å². The fourth-order valence-corrected chi connectivity index (χ4v) is 5.63. The third-order valence-corrected chi connectivity index (χ3v) is 7.16. The Morgan fingerprint density at radius 3 is 2.47 bits per heavy atom. The molecule has 0 aromatic heterocycles. The average Bonchev–Trinajstić information content (AvgIpc) is 3.33. The Labute approximate surface area is 175 Å². The van der Waals surface area contributed by atoms with Crippen LogP contribution < -0.4 is 10.6 Å². The lowest BCUT2D eigenvalue weighted by molar-refractivity contribution is -0.733. The van der Waals surface area contributed by atoms with Crippen molar-refractivity contribution in [3.8, 4) is 0 Å². The number of carbonyl (C=O) groups is 3. The van der Waals surface area contributed by atoms with Crippen molar-refractivity contribution in [3.05, 3.63) is 65.7 Å². The number of para-hydroxylation sites is 1. The van der Waals surface area contributed by atoms with E-state index in [4.69, 9.17) is 0 Å². The molecule has 2 aromatic rings. The molecule has 2 fully saturated rings. The van der Waals surface area contributed by atoms with Gasteiger partial charge in [-0.25, -0.2) is 0 Å². The first kappa shape index (κ1) is 19.0. The minimum atomic E-state index is -1.09. The summed E-state index contributed by atoms with van der Waals surface area (Å²) in [6.07, 6.45) is 1.33. The van der Waals surface area contributed by atoms with Gasteiger partial charge in [0.2, 0.25) is 17.4 Å². The van der Waals surface area contributed by atoms with Gasteiger partial charge in [-0.1, -0.05) is 55.5 Å². The molecule has 0 unspecified atom stereocenters. The zero-order valence-electron chi connectivity index (χ0n) is 17.2. The number of fused-ring (bicyclic) bond motifs is 4. The minimum Gasteiger partial charge on any atom is -0.326 e. The maximum atomic E-state index is 13.6. The van der Waals surface area contributed by atoms with Gasteiger partial charge in [-0.2, -0.15) is 0 Å². The molecule has 3 amide bonds. The molecule has 2 saturated heterocycles. The van der Waals surface area contributed by atoms with Crippen LogP contribution in [0.5, 0.6) is 0 Å². The first-order valence-corrected chi connectivity index (χ1v) is 10.7. The molecular formula is C24H26N3O3+. The maximum absolute atomic E-state index is 13.6.